The van der Waals surface area contributed by atoms with Crippen LogP contribution in [0.15, 0.2) is 71.7 Å². The minimum absolute atomic E-state index is 0.0823. The maximum absolute atomic E-state index is 11.8. The molecule has 0 saturated carbocycles. The smallest absolute Gasteiger partial charge is 0.128 e. The fourth-order valence-electron chi connectivity index (χ4n) is 5.69. The van der Waals surface area contributed by atoms with E-state index in [1.807, 2.05) is 87.5 Å². The predicted molar refractivity (Wildman–Crippen MR) is 175 cm³/mol. The first kappa shape index (κ1) is 30.9. The highest BCUT2D eigenvalue weighted by molar-refractivity contribution is 5.85. The van der Waals surface area contributed by atoms with Crippen molar-refractivity contribution >= 4 is 6.21 Å². The quantitative estimate of drug-likeness (QED) is 0.162. The average molecular weight is 564 g/mol. The zero-order valence-corrected chi connectivity index (χ0v) is 26.5. The van der Waals surface area contributed by atoms with Gasteiger partial charge in [0.2, 0.25) is 0 Å². The van der Waals surface area contributed by atoms with Crippen molar-refractivity contribution in [2.75, 3.05) is 0 Å². The number of hydrogen-bond donors (Lipinski definition) is 3. The van der Waals surface area contributed by atoms with Gasteiger partial charge in [0.15, 0.2) is 0 Å². The fraction of sp³-hybridized carbons (Fsp3) is 0.342. The number of aliphatic imine (C=N–C) groups is 1. The number of nitrogens with zero attached hydrogens (tertiary/aromatic N) is 1. The maximum Gasteiger partial charge on any atom is 0.128 e. The first-order valence-corrected chi connectivity index (χ1v) is 14.6. The Labute approximate surface area is 251 Å². The van der Waals surface area contributed by atoms with E-state index in [9.17, 15) is 15.3 Å². The summed E-state index contributed by atoms with van der Waals surface area (Å²) in [6.07, 6.45) is 1.71. The lowest BCUT2D eigenvalue weighted by molar-refractivity contribution is 0.428. The standard InChI is InChI=1S/C38H45NO3/c1-23-15-27(22-39-21-26-13-11-10-12-14-26)34(40)28(16-23)33(29-17-24(2)19-31(35(29)41)37(4,5)6)30-18-25(3)20-32(36(30)42)38(7,8)9/h10-20,22,33,40-42H,21H2,1-9H3. The van der Waals surface area contributed by atoms with Crippen LogP contribution in [0.5, 0.6) is 17.2 Å². The molecule has 0 atom stereocenters. The lowest BCUT2D eigenvalue weighted by Crippen LogP contribution is -2.16. The number of benzene rings is 4. The third kappa shape index (κ3) is 6.54. The second-order valence-electron chi connectivity index (χ2n) is 13.7. The third-order valence-corrected chi connectivity index (χ3v) is 7.78. The monoisotopic (exact) mass is 563 g/mol. The molecule has 0 aromatic heterocycles. The van der Waals surface area contributed by atoms with Gasteiger partial charge in [0.25, 0.3) is 0 Å². The summed E-state index contributed by atoms with van der Waals surface area (Å²) in [6.45, 7) is 19.0. The van der Waals surface area contributed by atoms with Crippen LogP contribution in [0.2, 0.25) is 0 Å². The second kappa shape index (κ2) is 11.7. The van der Waals surface area contributed by atoms with Crippen molar-refractivity contribution in [2.24, 2.45) is 4.99 Å². The van der Waals surface area contributed by atoms with Crippen molar-refractivity contribution in [1.82, 2.24) is 0 Å². The summed E-state index contributed by atoms with van der Waals surface area (Å²) in [5, 5.41) is 35.5. The van der Waals surface area contributed by atoms with Gasteiger partial charge < -0.3 is 15.3 Å². The van der Waals surface area contributed by atoms with Crippen LogP contribution >= 0.6 is 0 Å². The van der Waals surface area contributed by atoms with Gasteiger partial charge in [-0.1, -0.05) is 113 Å². The van der Waals surface area contributed by atoms with Gasteiger partial charge in [-0.25, -0.2) is 0 Å². The van der Waals surface area contributed by atoms with Gasteiger partial charge in [-0.2, -0.15) is 0 Å². The Morgan fingerprint density at radius 1 is 0.619 bits per heavy atom. The van der Waals surface area contributed by atoms with E-state index < -0.39 is 5.92 Å². The first-order chi connectivity index (χ1) is 19.6. The van der Waals surface area contributed by atoms with Crippen LogP contribution in [0.3, 0.4) is 0 Å². The lowest BCUT2D eigenvalue weighted by Gasteiger charge is -2.30. The van der Waals surface area contributed by atoms with Gasteiger partial charge in [0, 0.05) is 34.4 Å². The molecule has 4 nitrogen and oxygen atoms in total. The van der Waals surface area contributed by atoms with E-state index in [4.69, 9.17) is 0 Å². The zero-order chi connectivity index (χ0) is 31.0. The number of aryl methyl sites for hydroxylation is 3. The van der Waals surface area contributed by atoms with Crippen LogP contribution in [0, 0.1) is 20.8 Å². The summed E-state index contributed by atoms with van der Waals surface area (Å²) in [4.78, 5) is 4.63. The molecule has 0 saturated heterocycles. The molecule has 0 amide bonds. The molecule has 4 rings (SSSR count). The summed E-state index contributed by atoms with van der Waals surface area (Å²) in [6, 6.07) is 21.8. The molecule has 0 spiro atoms. The Morgan fingerprint density at radius 3 is 1.50 bits per heavy atom. The molecule has 0 heterocycles. The molecule has 4 aromatic rings. The van der Waals surface area contributed by atoms with Crippen LogP contribution in [-0.2, 0) is 17.4 Å². The van der Waals surface area contributed by atoms with E-state index in [0.717, 1.165) is 33.4 Å². The fourth-order valence-corrected chi connectivity index (χ4v) is 5.69. The van der Waals surface area contributed by atoms with Crippen LogP contribution in [-0.4, -0.2) is 21.5 Å². The molecule has 0 fully saturated rings. The van der Waals surface area contributed by atoms with Gasteiger partial charge in [-0.05, 0) is 59.9 Å². The van der Waals surface area contributed by atoms with Crippen LogP contribution in [0.25, 0.3) is 0 Å². The normalized spacial score (nSPS) is 12.4. The van der Waals surface area contributed by atoms with Crippen molar-refractivity contribution < 1.29 is 15.3 Å². The van der Waals surface area contributed by atoms with Crippen LogP contribution < -0.4 is 0 Å². The van der Waals surface area contributed by atoms with Gasteiger partial charge in [0.1, 0.15) is 17.2 Å². The molecule has 0 radical (unpaired) electrons. The van der Waals surface area contributed by atoms with Crippen molar-refractivity contribution in [2.45, 2.75) is 85.6 Å². The number of phenols is 3. The van der Waals surface area contributed by atoms with Gasteiger partial charge in [-0.15, -0.1) is 0 Å². The van der Waals surface area contributed by atoms with E-state index in [2.05, 4.69) is 46.5 Å². The zero-order valence-electron chi connectivity index (χ0n) is 26.5. The van der Waals surface area contributed by atoms with E-state index in [1.165, 1.54) is 0 Å². The minimum Gasteiger partial charge on any atom is -0.507 e. The first-order valence-electron chi connectivity index (χ1n) is 14.6. The Kier molecular flexibility index (Phi) is 8.59. The molecule has 220 valence electrons. The Hall–Kier alpha value is -4.05. The summed E-state index contributed by atoms with van der Waals surface area (Å²) >= 11 is 0. The molecule has 0 bridgehead atoms. The number of hydrogen-bond acceptors (Lipinski definition) is 4. The minimum atomic E-state index is -0.631. The highest BCUT2D eigenvalue weighted by atomic mass is 16.3. The van der Waals surface area contributed by atoms with Crippen molar-refractivity contribution in [3.63, 3.8) is 0 Å². The third-order valence-electron chi connectivity index (χ3n) is 7.78. The predicted octanol–water partition coefficient (Wildman–Crippen LogP) is 9.12. The summed E-state index contributed by atoms with van der Waals surface area (Å²) in [5.74, 6) is -0.194. The van der Waals surface area contributed by atoms with E-state index in [1.54, 1.807) is 6.21 Å². The number of phenolic OH excluding ortho intramolecular Hbond substituents is 3. The van der Waals surface area contributed by atoms with Crippen molar-refractivity contribution in [3.05, 3.63) is 122 Å². The molecule has 4 heteroatoms. The molecule has 0 aliphatic rings. The molecule has 4 aromatic carbocycles. The van der Waals surface area contributed by atoms with Crippen molar-refractivity contribution in [3.8, 4) is 17.2 Å². The molecule has 3 N–H and O–H groups in total. The SMILES string of the molecule is Cc1cc(C=NCc2ccccc2)c(O)c(C(c2cc(C)cc(C(C)(C)C)c2O)c2cc(C)cc(C(C)(C)C)c2O)c1. The molecule has 0 aliphatic heterocycles. The highest BCUT2D eigenvalue weighted by Gasteiger charge is 2.32. The van der Waals surface area contributed by atoms with Gasteiger partial charge in [-0.3, -0.25) is 4.99 Å². The molecule has 0 unspecified atom stereocenters. The van der Waals surface area contributed by atoms with E-state index in [-0.39, 0.29) is 28.1 Å². The van der Waals surface area contributed by atoms with E-state index in [0.29, 0.717) is 28.8 Å². The highest BCUT2D eigenvalue weighted by Crippen LogP contribution is 2.49. The van der Waals surface area contributed by atoms with Gasteiger partial charge >= 0.3 is 0 Å². The molecule has 0 aliphatic carbocycles. The average Bonchev–Trinajstić information content (AvgIpc) is 2.89. The molecular weight excluding hydrogens is 518 g/mol. The largest absolute Gasteiger partial charge is 0.507 e. The Morgan fingerprint density at radius 2 is 1.05 bits per heavy atom. The number of aromatic hydroxyl groups is 3. The second-order valence-corrected chi connectivity index (χ2v) is 13.7. The van der Waals surface area contributed by atoms with Crippen molar-refractivity contribution in [1.29, 1.82) is 0 Å². The summed E-state index contributed by atoms with van der Waals surface area (Å²) in [5.41, 5.74) is 7.53. The number of rotatable bonds is 6. The maximum atomic E-state index is 11.8. The van der Waals surface area contributed by atoms with Gasteiger partial charge in [0.05, 0.1) is 6.54 Å². The summed E-state index contributed by atoms with van der Waals surface area (Å²) in [7, 11) is 0. The summed E-state index contributed by atoms with van der Waals surface area (Å²) < 4.78 is 0. The van der Waals surface area contributed by atoms with Crippen LogP contribution in [0.4, 0.5) is 0 Å². The van der Waals surface area contributed by atoms with Crippen LogP contribution in [0.1, 0.15) is 103 Å². The molecular formula is C38H45NO3. The Bertz CT molecular complexity index is 1550. The Balaban J connectivity index is 2.02. The topological polar surface area (TPSA) is 73.1 Å². The van der Waals surface area contributed by atoms with E-state index >= 15 is 0 Å². The molecule has 42 heavy (non-hydrogen) atoms. The lowest BCUT2D eigenvalue weighted by atomic mass is 9.75.